The first kappa shape index (κ1) is 10.0. The lowest BCUT2D eigenvalue weighted by atomic mass is 10.2. The van der Waals surface area contributed by atoms with Crippen LogP contribution in [0.15, 0.2) is 36.5 Å². The lowest BCUT2D eigenvalue weighted by molar-refractivity contribution is 1.20. The molecule has 3 rings (SSSR count). The van der Waals surface area contributed by atoms with Gasteiger partial charge >= 0.3 is 0 Å². The van der Waals surface area contributed by atoms with E-state index in [-0.39, 0.29) is 5.95 Å². The van der Waals surface area contributed by atoms with E-state index in [0.717, 1.165) is 10.4 Å². The third-order valence-electron chi connectivity index (χ3n) is 2.53. The van der Waals surface area contributed by atoms with Crippen molar-refractivity contribution in [1.29, 1.82) is 0 Å². The number of thiophene rings is 1. The molecule has 17 heavy (non-hydrogen) atoms. The fraction of sp³-hybridized carbons (Fsp3) is 0. The number of hydrogen-bond donors (Lipinski definition) is 2. The molecule has 0 bridgehead atoms. The molecular formula is C12H10N4S. The Morgan fingerprint density at radius 2 is 1.94 bits per heavy atom. The maximum atomic E-state index is 5.85. The van der Waals surface area contributed by atoms with Crippen molar-refractivity contribution in [3.63, 3.8) is 0 Å². The predicted octanol–water partition coefficient (Wildman–Crippen LogP) is 2.52. The maximum absolute atomic E-state index is 5.85. The van der Waals surface area contributed by atoms with Gasteiger partial charge in [0.2, 0.25) is 5.95 Å². The van der Waals surface area contributed by atoms with Crippen LogP contribution in [0.4, 0.5) is 11.8 Å². The number of anilines is 2. The van der Waals surface area contributed by atoms with Gasteiger partial charge < -0.3 is 11.5 Å². The average molecular weight is 242 g/mol. The third kappa shape index (κ3) is 1.70. The zero-order valence-electron chi connectivity index (χ0n) is 8.92. The lowest BCUT2D eigenvalue weighted by Crippen LogP contribution is -2.00. The van der Waals surface area contributed by atoms with Gasteiger partial charge in [0.15, 0.2) is 0 Å². The van der Waals surface area contributed by atoms with Gasteiger partial charge in [0.05, 0.1) is 5.56 Å². The molecule has 0 saturated heterocycles. The average Bonchev–Trinajstić information content (AvgIpc) is 2.72. The highest BCUT2D eigenvalue weighted by atomic mass is 32.1. The molecule has 2 heterocycles. The molecule has 4 N–H and O–H groups in total. The fourth-order valence-electron chi connectivity index (χ4n) is 1.71. The van der Waals surface area contributed by atoms with Crippen molar-refractivity contribution in [2.24, 2.45) is 0 Å². The Bertz CT molecular complexity index is 657. The summed E-state index contributed by atoms with van der Waals surface area (Å²) in [6.07, 6.45) is 1.67. The standard InChI is InChI=1S/C12H10N4S/c13-11-8(6-15-12(14)16-11)10-5-7-3-1-2-4-9(7)17-10/h1-6H,(H4,13,14,15,16). The normalized spacial score (nSPS) is 10.8. The van der Waals surface area contributed by atoms with E-state index in [0.29, 0.717) is 5.82 Å². The second-order valence-electron chi connectivity index (χ2n) is 3.68. The van der Waals surface area contributed by atoms with E-state index in [2.05, 4.69) is 28.2 Å². The number of fused-ring (bicyclic) bond motifs is 1. The van der Waals surface area contributed by atoms with Crippen LogP contribution in [-0.4, -0.2) is 9.97 Å². The van der Waals surface area contributed by atoms with Gasteiger partial charge in [0.1, 0.15) is 5.82 Å². The van der Waals surface area contributed by atoms with Crippen LogP contribution in [0.1, 0.15) is 0 Å². The molecule has 4 nitrogen and oxygen atoms in total. The number of nitrogens with zero attached hydrogens (tertiary/aromatic N) is 2. The topological polar surface area (TPSA) is 77.8 Å². The molecule has 0 atom stereocenters. The van der Waals surface area contributed by atoms with E-state index in [4.69, 9.17) is 11.5 Å². The minimum atomic E-state index is 0.201. The zero-order valence-corrected chi connectivity index (χ0v) is 9.74. The smallest absolute Gasteiger partial charge is 0.221 e. The van der Waals surface area contributed by atoms with Crippen LogP contribution in [-0.2, 0) is 0 Å². The van der Waals surface area contributed by atoms with Crippen molar-refractivity contribution in [1.82, 2.24) is 9.97 Å². The Labute approximate surface area is 102 Å². The monoisotopic (exact) mass is 242 g/mol. The number of hydrogen-bond acceptors (Lipinski definition) is 5. The SMILES string of the molecule is Nc1ncc(-c2cc3ccccc3s2)c(N)n1. The first-order valence-electron chi connectivity index (χ1n) is 5.11. The van der Waals surface area contributed by atoms with Gasteiger partial charge in [-0.2, -0.15) is 4.98 Å². The summed E-state index contributed by atoms with van der Waals surface area (Å²) in [5.41, 5.74) is 12.2. The predicted molar refractivity (Wildman–Crippen MR) is 71.7 cm³/mol. The Morgan fingerprint density at radius 3 is 2.71 bits per heavy atom. The highest BCUT2D eigenvalue weighted by Gasteiger charge is 2.08. The van der Waals surface area contributed by atoms with E-state index in [1.54, 1.807) is 17.5 Å². The van der Waals surface area contributed by atoms with E-state index in [9.17, 15) is 0 Å². The van der Waals surface area contributed by atoms with Crippen LogP contribution in [0, 0.1) is 0 Å². The van der Waals surface area contributed by atoms with E-state index < -0.39 is 0 Å². The Balaban J connectivity index is 2.20. The lowest BCUT2D eigenvalue weighted by Gasteiger charge is -2.01. The third-order valence-corrected chi connectivity index (χ3v) is 3.68. The number of nitrogen functional groups attached to an aromatic ring is 2. The van der Waals surface area contributed by atoms with Gasteiger partial charge in [-0.25, -0.2) is 4.98 Å². The zero-order chi connectivity index (χ0) is 11.8. The van der Waals surface area contributed by atoms with Crippen molar-refractivity contribution in [3.05, 3.63) is 36.5 Å². The summed E-state index contributed by atoms with van der Waals surface area (Å²) in [6.45, 7) is 0. The van der Waals surface area contributed by atoms with Crippen molar-refractivity contribution in [3.8, 4) is 10.4 Å². The second-order valence-corrected chi connectivity index (χ2v) is 4.76. The van der Waals surface area contributed by atoms with Crippen LogP contribution in [0.2, 0.25) is 0 Å². The molecule has 0 radical (unpaired) electrons. The van der Waals surface area contributed by atoms with Crippen LogP contribution in [0.25, 0.3) is 20.5 Å². The second kappa shape index (κ2) is 3.71. The van der Waals surface area contributed by atoms with Crippen LogP contribution < -0.4 is 11.5 Å². The summed E-state index contributed by atoms with van der Waals surface area (Å²) in [7, 11) is 0. The quantitative estimate of drug-likeness (QED) is 0.687. The number of benzene rings is 1. The molecule has 0 saturated carbocycles. The molecule has 3 aromatic rings. The van der Waals surface area contributed by atoms with Gasteiger partial charge in [-0.3, -0.25) is 0 Å². The largest absolute Gasteiger partial charge is 0.383 e. The Morgan fingerprint density at radius 1 is 1.12 bits per heavy atom. The van der Waals surface area contributed by atoms with Crippen LogP contribution in [0.3, 0.4) is 0 Å². The summed E-state index contributed by atoms with van der Waals surface area (Å²) >= 11 is 1.67. The molecule has 0 unspecified atom stereocenters. The molecule has 5 heteroatoms. The van der Waals surface area contributed by atoms with E-state index >= 15 is 0 Å². The first-order chi connectivity index (χ1) is 8.24. The Kier molecular flexibility index (Phi) is 2.19. The molecule has 2 aromatic heterocycles. The van der Waals surface area contributed by atoms with Gasteiger partial charge in [-0.15, -0.1) is 11.3 Å². The van der Waals surface area contributed by atoms with Gasteiger partial charge in [0.25, 0.3) is 0 Å². The van der Waals surface area contributed by atoms with Gasteiger partial charge in [0, 0.05) is 15.8 Å². The molecule has 0 spiro atoms. The molecule has 0 fully saturated rings. The van der Waals surface area contributed by atoms with Crippen molar-refractivity contribution >= 4 is 33.2 Å². The van der Waals surface area contributed by atoms with Crippen LogP contribution in [0.5, 0.6) is 0 Å². The Hall–Kier alpha value is -2.14. The van der Waals surface area contributed by atoms with Crippen molar-refractivity contribution in [2.45, 2.75) is 0 Å². The fourth-order valence-corrected chi connectivity index (χ4v) is 2.80. The molecular weight excluding hydrogens is 232 g/mol. The number of aromatic nitrogens is 2. The van der Waals surface area contributed by atoms with E-state index in [1.165, 1.54) is 10.1 Å². The summed E-state index contributed by atoms with van der Waals surface area (Å²) in [5.74, 6) is 0.622. The highest BCUT2D eigenvalue weighted by molar-refractivity contribution is 7.22. The molecule has 0 aliphatic carbocycles. The summed E-state index contributed by atoms with van der Waals surface area (Å²) in [4.78, 5) is 9.01. The molecule has 84 valence electrons. The molecule has 0 aliphatic rings. The minimum absolute atomic E-state index is 0.201. The number of nitrogens with two attached hydrogens (primary N) is 2. The van der Waals surface area contributed by atoms with Gasteiger partial charge in [-0.1, -0.05) is 18.2 Å². The molecule has 0 amide bonds. The molecule has 1 aromatic carbocycles. The van der Waals surface area contributed by atoms with Gasteiger partial charge in [-0.05, 0) is 17.5 Å². The maximum Gasteiger partial charge on any atom is 0.221 e. The van der Waals surface area contributed by atoms with Crippen molar-refractivity contribution in [2.75, 3.05) is 11.5 Å². The van der Waals surface area contributed by atoms with E-state index in [1.807, 2.05) is 12.1 Å². The minimum Gasteiger partial charge on any atom is -0.383 e. The first-order valence-corrected chi connectivity index (χ1v) is 5.92. The summed E-state index contributed by atoms with van der Waals surface area (Å²) < 4.78 is 1.22. The van der Waals surface area contributed by atoms with Crippen molar-refractivity contribution < 1.29 is 0 Å². The highest BCUT2D eigenvalue weighted by Crippen LogP contribution is 2.35. The van der Waals surface area contributed by atoms with Crippen LogP contribution >= 0.6 is 11.3 Å². The summed E-state index contributed by atoms with van der Waals surface area (Å²) in [6, 6.07) is 10.3. The number of rotatable bonds is 1. The summed E-state index contributed by atoms with van der Waals surface area (Å²) in [5, 5.41) is 1.20. The molecule has 0 aliphatic heterocycles.